The van der Waals surface area contributed by atoms with Gasteiger partial charge in [-0.1, -0.05) is 84.9 Å². The van der Waals surface area contributed by atoms with Crippen molar-refractivity contribution < 1.29 is 9.18 Å². The number of halogens is 2. The summed E-state index contributed by atoms with van der Waals surface area (Å²) >= 11 is 6.37. The van der Waals surface area contributed by atoms with Crippen molar-refractivity contribution in [1.29, 1.82) is 0 Å². The van der Waals surface area contributed by atoms with E-state index < -0.39 is 0 Å². The van der Waals surface area contributed by atoms with Gasteiger partial charge in [-0.2, -0.15) is 0 Å². The topological polar surface area (TPSA) is 17.1 Å². The van der Waals surface area contributed by atoms with Gasteiger partial charge in [0.1, 0.15) is 11.6 Å². The highest BCUT2D eigenvalue weighted by molar-refractivity contribution is 6.31. The van der Waals surface area contributed by atoms with E-state index in [0.717, 1.165) is 37.7 Å². The highest BCUT2D eigenvalue weighted by Gasteiger charge is 2.32. The summed E-state index contributed by atoms with van der Waals surface area (Å²) in [4.78, 5) is 13.0. The fourth-order valence-corrected chi connectivity index (χ4v) is 4.34. The zero-order valence-corrected chi connectivity index (χ0v) is 19.0. The number of ketones is 1. The SMILES string of the molecule is CCCC(CCC)C(Cc1cc(C)c(F)cc1Cl)C(C)C(=O)CC(C)(C)C. The van der Waals surface area contributed by atoms with E-state index in [1.165, 1.54) is 6.07 Å². The smallest absolute Gasteiger partial charge is 0.136 e. The van der Waals surface area contributed by atoms with Crippen LogP contribution in [0, 0.1) is 35.9 Å². The van der Waals surface area contributed by atoms with Crippen molar-refractivity contribution in [3.8, 4) is 0 Å². The van der Waals surface area contributed by atoms with Crippen LogP contribution in [0.25, 0.3) is 0 Å². The van der Waals surface area contributed by atoms with Gasteiger partial charge < -0.3 is 0 Å². The van der Waals surface area contributed by atoms with Crippen LogP contribution in [-0.4, -0.2) is 5.78 Å². The zero-order valence-electron chi connectivity index (χ0n) is 18.3. The molecular weight excluding hydrogens is 359 g/mol. The van der Waals surface area contributed by atoms with Crippen molar-refractivity contribution in [2.24, 2.45) is 23.2 Å². The van der Waals surface area contributed by atoms with E-state index in [9.17, 15) is 9.18 Å². The Morgan fingerprint density at radius 2 is 1.70 bits per heavy atom. The Morgan fingerprint density at radius 3 is 2.19 bits per heavy atom. The summed E-state index contributed by atoms with van der Waals surface area (Å²) in [5.74, 6) is 0.770. The molecule has 1 nitrogen and oxygen atoms in total. The van der Waals surface area contributed by atoms with Crippen LogP contribution in [0.5, 0.6) is 0 Å². The van der Waals surface area contributed by atoms with Gasteiger partial charge in [0.25, 0.3) is 0 Å². The molecular formula is C24H38ClFO. The van der Waals surface area contributed by atoms with Crippen LogP contribution in [0.2, 0.25) is 5.02 Å². The second kappa shape index (κ2) is 10.6. The van der Waals surface area contributed by atoms with Crippen LogP contribution in [0.1, 0.15) is 84.8 Å². The molecule has 0 aliphatic carbocycles. The first-order valence-electron chi connectivity index (χ1n) is 10.5. The Morgan fingerprint density at radius 1 is 1.15 bits per heavy atom. The quantitative estimate of drug-likeness (QED) is 0.394. The Bertz CT molecular complexity index is 612. The molecule has 0 saturated carbocycles. The normalized spacial score (nSPS) is 14.4. The third kappa shape index (κ3) is 7.56. The highest BCUT2D eigenvalue weighted by atomic mass is 35.5. The summed E-state index contributed by atoms with van der Waals surface area (Å²) in [5, 5.41) is 0.477. The lowest BCUT2D eigenvalue weighted by molar-refractivity contribution is -0.126. The van der Waals surface area contributed by atoms with Gasteiger partial charge in [-0.15, -0.1) is 0 Å². The first kappa shape index (κ1) is 24.1. The van der Waals surface area contributed by atoms with E-state index in [0.29, 0.717) is 28.7 Å². The van der Waals surface area contributed by atoms with E-state index >= 15 is 0 Å². The summed E-state index contributed by atoms with van der Waals surface area (Å²) < 4.78 is 13.8. The van der Waals surface area contributed by atoms with Gasteiger partial charge >= 0.3 is 0 Å². The number of benzene rings is 1. The fourth-order valence-electron chi connectivity index (χ4n) is 4.12. The number of hydrogen-bond donors (Lipinski definition) is 0. The van der Waals surface area contributed by atoms with Gasteiger partial charge in [0, 0.05) is 17.4 Å². The molecule has 0 aliphatic heterocycles. The third-order valence-electron chi connectivity index (χ3n) is 5.56. The standard InChI is InChI=1S/C24H38ClFO/c1-8-10-18(11-9-2)20(17(4)23(27)15-24(5,6)7)13-19-12-16(3)22(26)14-21(19)25/h12,14,17-18,20H,8-11,13,15H2,1-7H3. The summed E-state index contributed by atoms with van der Waals surface area (Å²) in [6, 6.07) is 3.28. The first-order chi connectivity index (χ1) is 12.5. The van der Waals surface area contributed by atoms with Crippen LogP contribution in [0.3, 0.4) is 0 Å². The molecule has 1 rings (SSSR count). The van der Waals surface area contributed by atoms with Crippen molar-refractivity contribution in [1.82, 2.24) is 0 Å². The average Bonchev–Trinajstić information content (AvgIpc) is 2.54. The Hall–Kier alpha value is -0.890. The lowest BCUT2D eigenvalue weighted by Gasteiger charge is -2.33. The molecule has 0 spiro atoms. The maximum atomic E-state index is 13.8. The Labute approximate surface area is 171 Å². The number of aryl methyl sites for hydroxylation is 1. The minimum atomic E-state index is -0.268. The molecule has 1 aromatic rings. The Kier molecular flexibility index (Phi) is 9.48. The predicted octanol–water partition coefficient (Wildman–Crippen LogP) is 7.80. The van der Waals surface area contributed by atoms with Gasteiger partial charge in [0.05, 0.1) is 0 Å². The molecule has 0 N–H and O–H groups in total. The summed E-state index contributed by atoms with van der Waals surface area (Å²) in [7, 11) is 0. The van der Waals surface area contributed by atoms with Gasteiger partial charge in [0.2, 0.25) is 0 Å². The maximum absolute atomic E-state index is 13.8. The second-order valence-electron chi connectivity index (χ2n) is 9.39. The lowest BCUT2D eigenvalue weighted by atomic mass is 9.71. The molecule has 0 bridgehead atoms. The summed E-state index contributed by atoms with van der Waals surface area (Å²) in [6.07, 6.45) is 5.77. The number of hydrogen-bond acceptors (Lipinski definition) is 1. The second-order valence-corrected chi connectivity index (χ2v) is 9.80. The van der Waals surface area contributed by atoms with Gasteiger partial charge in [0.15, 0.2) is 0 Å². The summed E-state index contributed by atoms with van der Waals surface area (Å²) in [6.45, 7) is 14.6. The van der Waals surface area contributed by atoms with Crippen LogP contribution in [0.15, 0.2) is 12.1 Å². The van der Waals surface area contributed by atoms with Crippen molar-refractivity contribution >= 4 is 17.4 Å². The molecule has 0 radical (unpaired) electrons. The number of rotatable bonds is 10. The van der Waals surface area contributed by atoms with E-state index in [1.54, 1.807) is 6.92 Å². The minimum Gasteiger partial charge on any atom is -0.299 e. The first-order valence-corrected chi connectivity index (χ1v) is 10.8. The van der Waals surface area contributed by atoms with Crippen molar-refractivity contribution in [2.75, 3.05) is 0 Å². The molecule has 27 heavy (non-hydrogen) atoms. The minimum absolute atomic E-state index is 0.00892. The predicted molar refractivity (Wildman–Crippen MR) is 115 cm³/mol. The molecule has 3 heteroatoms. The molecule has 1 aromatic carbocycles. The van der Waals surface area contributed by atoms with E-state index in [4.69, 9.17) is 11.6 Å². The largest absolute Gasteiger partial charge is 0.299 e. The fraction of sp³-hybridized carbons (Fsp3) is 0.708. The maximum Gasteiger partial charge on any atom is 0.136 e. The van der Waals surface area contributed by atoms with Crippen molar-refractivity contribution in [2.45, 2.75) is 87.0 Å². The molecule has 2 unspecified atom stereocenters. The lowest BCUT2D eigenvalue weighted by Crippen LogP contribution is -2.31. The van der Waals surface area contributed by atoms with E-state index in [-0.39, 0.29) is 23.1 Å². The molecule has 0 aromatic heterocycles. The van der Waals surface area contributed by atoms with Crippen molar-refractivity contribution in [3.05, 3.63) is 34.1 Å². The van der Waals surface area contributed by atoms with Gasteiger partial charge in [-0.25, -0.2) is 4.39 Å². The molecule has 0 amide bonds. The van der Waals surface area contributed by atoms with Crippen molar-refractivity contribution in [3.63, 3.8) is 0 Å². The molecule has 0 heterocycles. The summed E-state index contributed by atoms with van der Waals surface area (Å²) in [5.41, 5.74) is 1.57. The molecule has 0 aliphatic rings. The Balaban J connectivity index is 3.20. The number of carbonyl (C=O) groups excluding carboxylic acids is 1. The molecule has 0 saturated heterocycles. The molecule has 154 valence electrons. The monoisotopic (exact) mass is 396 g/mol. The van der Waals surface area contributed by atoms with E-state index in [1.807, 2.05) is 6.07 Å². The highest BCUT2D eigenvalue weighted by Crippen LogP contribution is 2.36. The van der Waals surface area contributed by atoms with Gasteiger partial charge in [-0.3, -0.25) is 4.79 Å². The molecule has 0 fully saturated rings. The van der Waals surface area contributed by atoms with E-state index in [2.05, 4.69) is 41.5 Å². The molecule has 2 atom stereocenters. The average molecular weight is 397 g/mol. The van der Waals surface area contributed by atoms with Gasteiger partial charge in [-0.05, 0) is 47.8 Å². The third-order valence-corrected chi connectivity index (χ3v) is 5.91. The number of carbonyl (C=O) groups is 1. The van der Waals surface area contributed by atoms with Crippen LogP contribution >= 0.6 is 11.6 Å². The van der Waals surface area contributed by atoms with Crippen LogP contribution < -0.4 is 0 Å². The van der Waals surface area contributed by atoms with Crippen LogP contribution in [-0.2, 0) is 11.2 Å². The zero-order chi connectivity index (χ0) is 20.8. The van der Waals surface area contributed by atoms with Crippen LogP contribution in [0.4, 0.5) is 4.39 Å². The number of Topliss-reactive ketones (excluding diaryl/α,β-unsaturated/α-hetero) is 1.